The Bertz CT molecular complexity index is 360. The van der Waals surface area contributed by atoms with Crippen molar-refractivity contribution >= 4 is 17.8 Å². The molecule has 0 aromatic rings. The number of amides is 1. The second kappa shape index (κ2) is 6.54. The zero-order valence-corrected chi connectivity index (χ0v) is 11.4. The molecular formula is C13H21NO5. The number of hydrogen-bond acceptors (Lipinski definition) is 4. The van der Waals surface area contributed by atoms with Crippen LogP contribution in [0.4, 0.5) is 0 Å². The van der Waals surface area contributed by atoms with E-state index in [1.165, 1.54) is 7.11 Å². The average molecular weight is 271 g/mol. The summed E-state index contributed by atoms with van der Waals surface area (Å²) in [6, 6.07) is -1.04. The maximum atomic E-state index is 12.1. The minimum absolute atomic E-state index is 0.0234. The number of esters is 1. The van der Waals surface area contributed by atoms with Gasteiger partial charge < -0.3 is 15.2 Å². The number of hydrogen-bond donors (Lipinski definition) is 2. The Balaban J connectivity index is 2.55. The van der Waals surface area contributed by atoms with Crippen LogP contribution in [0.25, 0.3) is 0 Å². The molecule has 1 amide bonds. The summed E-state index contributed by atoms with van der Waals surface area (Å²) in [6.07, 6.45) is 3.56. The molecule has 0 aromatic heterocycles. The van der Waals surface area contributed by atoms with E-state index in [0.29, 0.717) is 0 Å². The average Bonchev–Trinajstić information content (AvgIpc) is 2.81. The van der Waals surface area contributed by atoms with Crippen LogP contribution in [0.15, 0.2) is 0 Å². The number of aliphatic carboxylic acids is 1. The molecule has 1 atom stereocenters. The quantitative estimate of drug-likeness (QED) is 0.705. The third kappa shape index (κ3) is 4.22. The number of nitrogens with one attached hydrogen (secondary N) is 1. The number of ether oxygens (including phenoxy) is 1. The van der Waals surface area contributed by atoms with Crippen LogP contribution in [0.5, 0.6) is 0 Å². The lowest BCUT2D eigenvalue weighted by molar-refractivity contribution is -0.145. The second-order valence-electron chi connectivity index (χ2n) is 5.25. The SMILES string of the molecule is COC(=O)CC[C@H](NC(=O)C1(C)CCCC1)C(=O)O. The Morgan fingerprint density at radius 3 is 2.37 bits per heavy atom. The second-order valence-corrected chi connectivity index (χ2v) is 5.25. The van der Waals surface area contributed by atoms with Crippen molar-refractivity contribution in [2.45, 2.75) is 51.5 Å². The molecule has 0 aliphatic heterocycles. The lowest BCUT2D eigenvalue weighted by atomic mass is 9.87. The molecule has 0 unspecified atom stereocenters. The van der Waals surface area contributed by atoms with Crippen LogP contribution in [0.1, 0.15) is 45.4 Å². The first-order valence-corrected chi connectivity index (χ1v) is 6.49. The number of methoxy groups -OCH3 is 1. The van der Waals surface area contributed by atoms with Gasteiger partial charge in [0.15, 0.2) is 0 Å². The highest BCUT2D eigenvalue weighted by molar-refractivity contribution is 5.87. The Kier molecular flexibility index (Phi) is 5.32. The van der Waals surface area contributed by atoms with Crippen molar-refractivity contribution < 1.29 is 24.2 Å². The van der Waals surface area contributed by atoms with Gasteiger partial charge >= 0.3 is 11.9 Å². The minimum Gasteiger partial charge on any atom is -0.480 e. The predicted molar refractivity (Wildman–Crippen MR) is 67.4 cm³/mol. The van der Waals surface area contributed by atoms with Gasteiger partial charge in [0.1, 0.15) is 6.04 Å². The van der Waals surface area contributed by atoms with Crippen LogP contribution in [0, 0.1) is 5.41 Å². The van der Waals surface area contributed by atoms with E-state index in [2.05, 4.69) is 10.1 Å². The van der Waals surface area contributed by atoms with Crippen molar-refractivity contribution in [1.82, 2.24) is 5.32 Å². The molecule has 19 heavy (non-hydrogen) atoms. The largest absolute Gasteiger partial charge is 0.480 e. The first-order chi connectivity index (χ1) is 8.89. The van der Waals surface area contributed by atoms with Crippen molar-refractivity contribution in [2.75, 3.05) is 7.11 Å². The van der Waals surface area contributed by atoms with E-state index in [9.17, 15) is 14.4 Å². The van der Waals surface area contributed by atoms with E-state index in [4.69, 9.17) is 5.11 Å². The fourth-order valence-electron chi connectivity index (χ4n) is 2.34. The van der Waals surface area contributed by atoms with Gasteiger partial charge in [-0.3, -0.25) is 9.59 Å². The van der Waals surface area contributed by atoms with E-state index in [1.807, 2.05) is 6.92 Å². The summed E-state index contributed by atoms with van der Waals surface area (Å²) in [5, 5.41) is 11.6. The smallest absolute Gasteiger partial charge is 0.326 e. The van der Waals surface area contributed by atoms with Crippen molar-refractivity contribution in [3.8, 4) is 0 Å². The van der Waals surface area contributed by atoms with Crippen molar-refractivity contribution in [1.29, 1.82) is 0 Å². The first-order valence-electron chi connectivity index (χ1n) is 6.49. The Morgan fingerprint density at radius 1 is 1.32 bits per heavy atom. The third-order valence-electron chi connectivity index (χ3n) is 3.72. The molecule has 0 aromatic carbocycles. The molecule has 0 heterocycles. The molecule has 1 fully saturated rings. The van der Waals surface area contributed by atoms with E-state index in [1.54, 1.807) is 0 Å². The Hall–Kier alpha value is -1.59. The lowest BCUT2D eigenvalue weighted by Gasteiger charge is -2.25. The topological polar surface area (TPSA) is 92.7 Å². The van der Waals surface area contributed by atoms with Gasteiger partial charge in [-0.05, 0) is 19.3 Å². The Labute approximate surface area is 112 Å². The fraction of sp³-hybridized carbons (Fsp3) is 0.769. The Morgan fingerprint density at radius 2 is 1.89 bits per heavy atom. The highest BCUT2D eigenvalue weighted by Gasteiger charge is 2.38. The zero-order chi connectivity index (χ0) is 14.5. The predicted octanol–water partition coefficient (Wildman–Crippen LogP) is 1.09. The van der Waals surface area contributed by atoms with E-state index in [-0.39, 0.29) is 18.7 Å². The number of carbonyl (C=O) groups is 3. The van der Waals surface area contributed by atoms with Gasteiger partial charge in [0.2, 0.25) is 5.91 Å². The van der Waals surface area contributed by atoms with Crippen LogP contribution in [0.2, 0.25) is 0 Å². The normalized spacial score (nSPS) is 18.6. The van der Waals surface area contributed by atoms with Gasteiger partial charge in [-0.25, -0.2) is 4.79 Å². The number of carboxylic acid groups (broad SMARTS) is 1. The number of carboxylic acids is 1. The van der Waals surface area contributed by atoms with Gasteiger partial charge in [-0.2, -0.15) is 0 Å². The molecule has 0 spiro atoms. The molecule has 1 rings (SSSR count). The van der Waals surface area contributed by atoms with Crippen LogP contribution in [-0.2, 0) is 19.1 Å². The summed E-state index contributed by atoms with van der Waals surface area (Å²) in [7, 11) is 1.25. The van der Waals surface area contributed by atoms with Crippen LogP contribution in [-0.4, -0.2) is 36.1 Å². The standard InChI is InChI=1S/C13H21NO5/c1-13(7-3-4-8-13)12(18)14-9(11(16)17)5-6-10(15)19-2/h9H,3-8H2,1-2H3,(H,14,18)(H,16,17)/t9-/m0/s1. The van der Waals surface area contributed by atoms with E-state index >= 15 is 0 Å². The third-order valence-corrected chi connectivity index (χ3v) is 3.72. The molecule has 1 aliphatic carbocycles. The molecule has 108 valence electrons. The monoisotopic (exact) mass is 271 g/mol. The molecular weight excluding hydrogens is 250 g/mol. The summed E-state index contributed by atoms with van der Waals surface area (Å²) < 4.78 is 4.46. The zero-order valence-electron chi connectivity index (χ0n) is 11.4. The molecule has 0 bridgehead atoms. The van der Waals surface area contributed by atoms with E-state index in [0.717, 1.165) is 25.7 Å². The van der Waals surface area contributed by atoms with Gasteiger partial charge in [0, 0.05) is 11.8 Å². The van der Waals surface area contributed by atoms with Crippen LogP contribution >= 0.6 is 0 Å². The summed E-state index contributed by atoms with van der Waals surface area (Å²) in [6.45, 7) is 1.86. The highest BCUT2D eigenvalue weighted by Crippen LogP contribution is 2.37. The maximum Gasteiger partial charge on any atom is 0.326 e. The summed E-state index contributed by atoms with van der Waals surface area (Å²) in [4.78, 5) is 34.2. The van der Waals surface area contributed by atoms with Crippen LogP contribution < -0.4 is 5.32 Å². The molecule has 0 saturated heterocycles. The van der Waals surface area contributed by atoms with E-state index < -0.39 is 23.4 Å². The molecule has 6 nitrogen and oxygen atoms in total. The molecule has 1 aliphatic rings. The van der Waals surface area contributed by atoms with Gasteiger partial charge in [0.25, 0.3) is 0 Å². The molecule has 0 radical (unpaired) electrons. The molecule has 6 heteroatoms. The van der Waals surface area contributed by atoms with Crippen molar-refractivity contribution in [3.63, 3.8) is 0 Å². The van der Waals surface area contributed by atoms with Crippen LogP contribution in [0.3, 0.4) is 0 Å². The number of carbonyl (C=O) groups excluding carboxylic acids is 2. The molecule has 1 saturated carbocycles. The van der Waals surface area contributed by atoms with Gasteiger partial charge in [-0.1, -0.05) is 19.8 Å². The fourth-order valence-corrected chi connectivity index (χ4v) is 2.34. The maximum absolute atomic E-state index is 12.1. The summed E-state index contributed by atoms with van der Waals surface area (Å²) >= 11 is 0. The summed E-state index contributed by atoms with van der Waals surface area (Å²) in [5.74, 6) is -1.84. The van der Waals surface area contributed by atoms with Gasteiger partial charge in [-0.15, -0.1) is 0 Å². The first kappa shape index (κ1) is 15.5. The van der Waals surface area contributed by atoms with Gasteiger partial charge in [0.05, 0.1) is 7.11 Å². The summed E-state index contributed by atoms with van der Waals surface area (Å²) in [5.41, 5.74) is -0.473. The lowest BCUT2D eigenvalue weighted by Crippen LogP contribution is -2.46. The minimum atomic E-state index is -1.13. The highest BCUT2D eigenvalue weighted by atomic mass is 16.5. The van der Waals surface area contributed by atoms with Crippen molar-refractivity contribution in [3.05, 3.63) is 0 Å². The molecule has 2 N–H and O–H groups in total. The van der Waals surface area contributed by atoms with Crippen molar-refractivity contribution in [2.24, 2.45) is 5.41 Å². The number of rotatable bonds is 6.